The minimum Gasteiger partial charge on any atom is -0.340 e. The monoisotopic (exact) mass is 227 g/mol. The first-order valence-electron chi connectivity index (χ1n) is 6.12. The van der Waals surface area contributed by atoms with Gasteiger partial charge in [0, 0.05) is 45.2 Å². The maximum atomic E-state index is 14.1. The summed E-state index contributed by atoms with van der Waals surface area (Å²) in [5.41, 5.74) is 0. The van der Waals surface area contributed by atoms with Crippen LogP contribution >= 0.6 is 0 Å². The lowest BCUT2D eigenvalue weighted by Gasteiger charge is -2.47. The molecule has 90 valence electrons. The Kier molecular flexibility index (Phi) is 2.40. The van der Waals surface area contributed by atoms with E-state index in [-0.39, 0.29) is 5.92 Å². The molecule has 16 heavy (non-hydrogen) atoms. The van der Waals surface area contributed by atoms with E-state index in [9.17, 15) is 9.18 Å². The third-order valence-corrected chi connectivity index (χ3v) is 3.88. The molecule has 0 aromatic heterocycles. The SMILES string of the molecule is O=C(C1CC1)N1CCN(C2(F)CNC2)CC1. The van der Waals surface area contributed by atoms with Gasteiger partial charge in [-0.1, -0.05) is 0 Å². The zero-order valence-corrected chi connectivity index (χ0v) is 9.41. The molecule has 1 aliphatic carbocycles. The van der Waals surface area contributed by atoms with E-state index < -0.39 is 5.79 Å². The van der Waals surface area contributed by atoms with Crippen LogP contribution in [-0.2, 0) is 4.79 Å². The number of halogens is 1. The molecule has 0 radical (unpaired) electrons. The normalized spacial score (nSPS) is 29.9. The third kappa shape index (κ3) is 1.72. The first-order valence-corrected chi connectivity index (χ1v) is 6.12. The molecule has 0 aromatic rings. The molecule has 2 aliphatic heterocycles. The van der Waals surface area contributed by atoms with E-state index >= 15 is 0 Å². The molecule has 4 nitrogen and oxygen atoms in total. The Morgan fingerprint density at radius 2 is 1.81 bits per heavy atom. The summed E-state index contributed by atoms with van der Waals surface area (Å²) < 4.78 is 14.1. The van der Waals surface area contributed by atoms with E-state index in [1.54, 1.807) is 0 Å². The van der Waals surface area contributed by atoms with Crippen LogP contribution in [0, 0.1) is 5.92 Å². The van der Waals surface area contributed by atoms with Gasteiger partial charge in [0.2, 0.25) is 5.91 Å². The van der Waals surface area contributed by atoms with Gasteiger partial charge in [0.25, 0.3) is 0 Å². The van der Waals surface area contributed by atoms with Gasteiger partial charge in [0.15, 0.2) is 5.79 Å². The topological polar surface area (TPSA) is 35.6 Å². The standard InChI is InChI=1S/C11H18FN3O/c12-11(7-13-8-11)15-5-3-14(4-6-15)10(16)9-1-2-9/h9,13H,1-8H2. The van der Waals surface area contributed by atoms with Crippen LogP contribution < -0.4 is 5.32 Å². The van der Waals surface area contributed by atoms with Crippen LogP contribution in [0.1, 0.15) is 12.8 Å². The molecule has 5 heteroatoms. The van der Waals surface area contributed by atoms with E-state index in [2.05, 4.69) is 5.32 Å². The van der Waals surface area contributed by atoms with Gasteiger partial charge in [-0.05, 0) is 12.8 Å². The van der Waals surface area contributed by atoms with Crippen molar-refractivity contribution in [3.63, 3.8) is 0 Å². The van der Waals surface area contributed by atoms with E-state index in [1.807, 2.05) is 9.80 Å². The Morgan fingerprint density at radius 3 is 2.25 bits per heavy atom. The van der Waals surface area contributed by atoms with Gasteiger partial charge < -0.3 is 10.2 Å². The Bertz CT molecular complexity index is 294. The van der Waals surface area contributed by atoms with Crippen molar-refractivity contribution < 1.29 is 9.18 Å². The molecule has 2 heterocycles. The zero-order chi connectivity index (χ0) is 11.2. The van der Waals surface area contributed by atoms with Crippen LogP contribution in [0.3, 0.4) is 0 Å². The van der Waals surface area contributed by atoms with Crippen molar-refractivity contribution in [1.82, 2.24) is 15.1 Å². The number of piperazine rings is 1. The molecule has 0 spiro atoms. The van der Waals surface area contributed by atoms with E-state index in [1.165, 1.54) is 0 Å². The minimum absolute atomic E-state index is 0.288. The first kappa shape index (κ1) is 10.5. The second kappa shape index (κ2) is 3.67. The molecule has 3 rings (SSSR count). The number of nitrogens with zero attached hydrogens (tertiary/aromatic N) is 2. The lowest BCUT2D eigenvalue weighted by molar-refractivity contribution is -0.140. The third-order valence-electron chi connectivity index (χ3n) is 3.88. The smallest absolute Gasteiger partial charge is 0.225 e. The maximum Gasteiger partial charge on any atom is 0.225 e. The zero-order valence-electron chi connectivity index (χ0n) is 9.41. The van der Waals surface area contributed by atoms with Gasteiger partial charge in [0.1, 0.15) is 0 Å². The maximum absolute atomic E-state index is 14.1. The molecule has 3 fully saturated rings. The van der Waals surface area contributed by atoms with Crippen molar-refractivity contribution in [3.05, 3.63) is 0 Å². The Hall–Kier alpha value is -0.680. The van der Waals surface area contributed by atoms with Crippen molar-refractivity contribution in [2.24, 2.45) is 5.92 Å². The summed E-state index contributed by atoms with van der Waals surface area (Å²) in [6.45, 7) is 3.61. The Balaban J connectivity index is 1.53. The van der Waals surface area contributed by atoms with Crippen molar-refractivity contribution in [2.75, 3.05) is 39.3 Å². The quantitative estimate of drug-likeness (QED) is 0.664. The number of carbonyl (C=O) groups excluding carboxylic acids is 1. The number of hydrogen-bond acceptors (Lipinski definition) is 3. The van der Waals surface area contributed by atoms with E-state index in [4.69, 9.17) is 0 Å². The molecule has 3 aliphatic rings. The summed E-state index contributed by atoms with van der Waals surface area (Å²) in [7, 11) is 0. The van der Waals surface area contributed by atoms with E-state index in [0.717, 1.165) is 12.8 Å². The highest BCUT2D eigenvalue weighted by Crippen LogP contribution is 2.32. The first-order chi connectivity index (χ1) is 7.69. The molecule has 1 N–H and O–H groups in total. The summed E-state index contributed by atoms with van der Waals surface area (Å²) in [5.74, 6) is -0.565. The van der Waals surface area contributed by atoms with Gasteiger partial charge in [-0.2, -0.15) is 0 Å². The van der Waals surface area contributed by atoms with Crippen molar-refractivity contribution in [1.29, 1.82) is 0 Å². The number of amides is 1. The number of rotatable bonds is 2. The molecule has 0 bridgehead atoms. The molecule has 0 atom stereocenters. The molecule has 0 aromatic carbocycles. The second-order valence-corrected chi connectivity index (χ2v) is 5.11. The van der Waals surface area contributed by atoms with Crippen molar-refractivity contribution >= 4 is 5.91 Å². The molecule has 1 amide bonds. The lowest BCUT2D eigenvalue weighted by Crippen LogP contribution is -2.69. The summed E-state index contributed by atoms with van der Waals surface area (Å²) in [5, 5.41) is 2.96. The van der Waals surface area contributed by atoms with Crippen molar-refractivity contribution in [2.45, 2.75) is 18.6 Å². The summed E-state index contributed by atoms with van der Waals surface area (Å²) in [6, 6.07) is 0. The predicted octanol–water partition coefficient (Wildman–Crippen LogP) is -0.190. The van der Waals surface area contributed by atoms with Crippen LogP contribution in [-0.4, -0.2) is 60.8 Å². The van der Waals surface area contributed by atoms with Gasteiger partial charge in [-0.15, -0.1) is 0 Å². The lowest BCUT2D eigenvalue weighted by atomic mass is 10.1. The van der Waals surface area contributed by atoms with Gasteiger partial charge in [0.05, 0.1) is 0 Å². The molecular formula is C11H18FN3O. The summed E-state index contributed by atoms with van der Waals surface area (Å²) in [6.07, 6.45) is 2.10. The molecule has 0 unspecified atom stereocenters. The highest BCUT2D eigenvalue weighted by atomic mass is 19.1. The average Bonchev–Trinajstić information content (AvgIpc) is 3.09. The minimum atomic E-state index is -1.14. The number of carbonyl (C=O) groups is 1. The van der Waals surface area contributed by atoms with Crippen LogP contribution in [0.25, 0.3) is 0 Å². The summed E-state index contributed by atoms with van der Waals surface area (Å²) in [4.78, 5) is 15.6. The van der Waals surface area contributed by atoms with Gasteiger partial charge >= 0.3 is 0 Å². The fraction of sp³-hybridized carbons (Fsp3) is 0.909. The second-order valence-electron chi connectivity index (χ2n) is 5.11. The highest BCUT2D eigenvalue weighted by molar-refractivity contribution is 5.81. The summed E-state index contributed by atoms with van der Waals surface area (Å²) >= 11 is 0. The number of alkyl halides is 1. The predicted molar refractivity (Wildman–Crippen MR) is 57.6 cm³/mol. The van der Waals surface area contributed by atoms with Gasteiger partial charge in [-0.3, -0.25) is 9.69 Å². The highest BCUT2D eigenvalue weighted by Gasteiger charge is 2.45. The largest absolute Gasteiger partial charge is 0.340 e. The van der Waals surface area contributed by atoms with Crippen LogP contribution in [0.2, 0.25) is 0 Å². The Labute approximate surface area is 94.8 Å². The fourth-order valence-electron chi connectivity index (χ4n) is 2.47. The van der Waals surface area contributed by atoms with E-state index in [0.29, 0.717) is 45.2 Å². The molecular weight excluding hydrogens is 209 g/mol. The van der Waals surface area contributed by atoms with Crippen LogP contribution in [0.15, 0.2) is 0 Å². The number of hydrogen-bond donors (Lipinski definition) is 1. The van der Waals surface area contributed by atoms with Crippen LogP contribution in [0.4, 0.5) is 4.39 Å². The van der Waals surface area contributed by atoms with Crippen molar-refractivity contribution in [3.8, 4) is 0 Å². The molecule has 1 saturated carbocycles. The van der Waals surface area contributed by atoms with Gasteiger partial charge in [-0.25, -0.2) is 4.39 Å². The number of nitrogens with one attached hydrogen (secondary N) is 1. The molecule has 2 saturated heterocycles. The fourth-order valence-corrected chi connectivity index (χ4v) is 2.47. The Morgan fingerprint density at radius 1 is 1.19 bits per heavy atom. The van der Waals surface area contributed by atoms with Crippen LogP contribution in [0.5, 0.6) is 0 Å². The average molecular weight is 227 g/mol.